The average molecular weight is 1480 g/mol. The van der Waals surface area contributed by atoms with Gasteiger partial charge in [0.25, 0.3) is 0 Å². The van der Waals surface area contributed by atoms with Gasteiger partial charge in [0.05, 0.1) is 26.4 Å². The number of rotatable bonds is 78. The fourth-order valence-electron chi connectivity index (χ4n) is 12.1. The van der Waals surface area contributed by atoms with E-state index < -0.39 is 97.5 Å². The number of carbonyl (C=O) groups is 4. The minimum atomic E-state index is -4.97. The van der Waals surface area contributed by atoms with Crippen LogP contribution in [0.25, 0.3) is 0 Å². The number of ether oxygens (including phenoxy) is 4. The van der Waals surface area contributed by atoms with Crippen LogP contribution < -0.4 is 0 Å². The molecule has 0 saturated heterocycles. The summed E-state index contributed by atoms with van der Waals surface area (Å²) >= 11 is 0. The monoisotopic (exact) mass is 1480 g/mol. The second kappa shape index (κ2) is 71.8. The van der Waals surface area contributed by atoms with Crippen LogP contribution in [0.1, 0.15) is 402 Å². The Morgan fingerprint density at radius 1 is 0.327 bits per heavy atom. The molecule has 0 spiro atoms. The van der Waals surface area contributed by atoms with Gasteiger partial charge in [0.15, 0.2) is 12.2 Å². The van der Waals surface area contributed by atoms with E-state index in [2.05, 4.69) is 72.8 Å². The lowest BCUT2D eigenvalue weighted by atomic mass is 9.99. The molecule has 0 rings (SSSR count). The average Bonchev–Trinajstić information content (AvgIpc) is 1.05. The number of aliphatic hydroxyl groups excluding tert-OH is 1. The molecule has 7 atom stereocenters. The van der Waals surface area contributed by atoms with Gasteiger partial charge in [-0.05, 0) is 69.1 Å². The van der Waals surface area contributed by atoms with Gasteiger partial charge in [0.2, 0.25) is 0 Å². The van der Waals surface area contributed by atoms with E-state index in [0.29, 0.717) is 25.7 Å². The van der Waals surface area contributed by atoms with E-state index in [9.17, 15) is 43.2 Å². The van der Waals surface area contributed by atoms with E-state index in [-0.39, 0.29) is 25.7 Å². The Hall–Kier alpha value is -2.46. The van der Waals surface area contributed by atoms with E-state index in [1.807, 2.05) is 0 Å². The smallest absolute Gasteiger partial charge is 0.462 e. The summed E-state index contributed by atoms with van der Waals surface area (Å²) in [7, 11) is -9.93. The van der Waals surface area contributed by atoms with Gasteiger partial charge in [-0.3, -0.25) is 37.3 Å². The quantitative estimate of drug-likeness (QED) is 0.0169. The van der Waals surface area contributed by atoms with Crippen LogP contribution in [0.4, 0.5) is 0 Å². The molecule has 0 aromatic heterocycles. The Bertz CT molecular complexity index is 2060. The highest BCUT2D eigenvalue weighted by molar-refractivity contribution is 7.47. The first kappa shape index (κ1) is 98.5. The highest BCUT2D eigenvalue weighted by Crippen LogP contribution is 2.45. The lowest BCUT2D eigenvalue weighted by Gasteiger charge is -2.21. The fraction of sp³-hybridized carbons (Fsp3) is 0.902. The first-order chi connectivity index (χ1) is 48.8. The van der Waals surface area contributed by atoms with Crippen LogP contribution in [0, 0.1) is 17.8 Å². The number of carbonyl (C=O) groups excluding carboxylic acids is 4. The van der Waals surface area contributed by atoms with Crippen LogP contribution in [-0.2, 0) is 65.4 Å². The minimum absolute atomic E-state index is 0.101. The van der Waals surface area contributed by atoms with Gasteiger partial charge in [0, 0.05) is 25.7 Å². The molecular weight excluding hydrogens is 1320 g/mol. The predicted molar refractivity (Wildman–Crippen MR) is 414 cm³/mol. The van der Waals surface area contributed by atoms with Crippen molar-refractivity contribution in [3.05, 3.63) is 24.3 Å². The summed E-state index contributed by atoms with van der Waals surface area (Å²) in [5, 5.41) is 10.6. The van der Waals surface area contributed by atoms with Crippen LogP contribution in [0.15, 0.2) is 24.3 Å². The molecule has 3 N–H and O–H groups in total. The molecule has 17 nitrogen and oxygen atoms in total. The van der Waals surface area contributed by atoms with Gasteiger partial charge in [-0.1, -0.05) is 349 Å². The van der Waals surface area contributed by atoms with E-state index >= 15 is 0 Å². The van der Waals surface area contributed by atoms with Crippen LogP contribution in [0.5, 0.6) is 0 Å². The summed E-state index contributed by atoms with van der Waals surface area (Å²) < 4.78 is 68.7. The Labute approximate surface area is 618 Å². The Balaban J connectivity index is 5.25. The highest BCUT2D eigenvalue weighted by Gasteiger charge is 2.30. The molecule has 0 heterocycles. The maximum atomic E-state index is 13.1. The zero-order valence-electron chi connectivity index (χ0n) is 65.9. The molecule has 0 aliphatic rings. The third-order valence-corrected chi connectivity index (χ3v) is 21.1. The molecule has 0 bridgehead atoms. The van der Waals surface area contributed by atoms with E-state index in [4.69, 9.17) is 37.0 Å². The topological polar surface area (TPSA) is 237 Å². The molecule has 19 heteroatoms. The van der Waals surface area contributed by atoms with Gasteiger partial charge in [0.1, 0.15) is 19.3 Å². The molecule has 0 aromatic carbocycles. The van der Waals surface area contributed by atoms with Crippen molar-refractivity contribution >= 4 is 39.5 Å². The number of hydrogen-bond acceptors (Lipinski definition) is 15. The van der Waals surface area contributed by atoms with Crippen LogP contribution in [-0.4, -0.2) is 96.7 Å². The van der Waals surface area contributed by atoms with Crippen LogP contribution in [0.2, 0.25) is 0 Å². The number of allylic oxidation sites excluding steroid dienone is 4. The van der Waals surface area contributed by atoms with Crippen molar-refractivity contribution in [2.24, 2.45) is 17.8 Å². The summed E-state index contributed by atoms with van der Waals surface area (Å²) in [4.78, 5) is 73.0. The van der Waals surface area contributed by atoms with Crippen molar-refractivity contribution < 1.29 is 80.2 Å². The van der Waals surface area contributed by atoms with Crippen molar-refractivity contribution in [1.29, 1.82) is 0 Å². The van der Waals surface area contributed by atoms with Gasteiger partial charge >= 0.3 is 39.5 Å². The van der Waals surface area contributed by atoms with Crippen molar-refractivity contribution in [2.45, 2.75) is 420 Å². The zero-order valence-corrected chi connectivity index (χ0v) is 67.6. The molecular formula is C82H156O17P2. The van der Waals surface area contributed by atoms with Crippen LogP contribution in [0.3, 0.4) is 0 Å². The number of esters is 4. The highest BCUT2D eigenvalue weighted by atomic mass is 31.2. The fourth-order valence-corrected chi connectivity index (χ4v) is 13.6. The molecule has 0 fully saturated rings. The molecule has 4 unspecified atom stereocenters. The molecule has 0 amide bonds. The first-order valence-corrected chi connectivity index (χ1v) is 44.7. The number of phosphoric ester groups is 2. The molecule has 596 valence electrons. The Morgan fingerprint density at radius 2 is 0.584 bits per heavy atom. The zero-order chi connectivity index (χ0) is 74.4. The van der Waals surface area contributed by atoms with Crippen molar-refractivity contribution in [3.63, 3.8) is 0 Å². The van der Waals surface area contributed by atoms with Gasteiger partial charge in [-0.2, -0.15) is 0 Å². The standard InChI is InChI=1S/C82H156O17P2/c1-8-11-12-13-14-15-16-17-22-26-31-36-41-49-56-63-79(84)92-69-77(98-81(86)65-58-51-42-37-32-27-24-21-19-18-20-23-25-30-35-40-47-54-61-74(6)9-2)71-96-100(88,89)94-67-76(83)68-95-101(90,91)97-72-78(70-93-80(85)64-57-50-45-44-48-55-62-75(7)10-3)99-82(87)66-59-52-43-38-33-28-29-34-39-46-53-60-73(4)5/h15-17,22,73-78,83H,8-14,18-21,23-72H2,1-7H3,(H,88,89)(H,90,91)/b16-15-,22-17-/t74?,75?,76-,77-,78-/m1/s1. The third kappa shape index (κ3) is 72.9. The second-order valence-corrected chi connectivity index (χ2v) is 32.7. The third-order valence-electron chi connectivity index (χ3n) is 19.2. The molecule has 0 aliphatic carbocycles. The maximum Gasteiger partial charge on any atom is 0.472 e. The maximum absolute atomic E-state index is 13.1. The van der Waals surface area contributed by atoms with Gasteiger partial charge in [-0.25, -0.2) is 9.13 Å². The molecule has 0 aromatic rings. The number of aliphatic hydroxyl groups is 1. The SMILES string of the molecule is CCCCCC/C=C\C=C/CCCCCCCC(=O)OC[C@H](COP(=O)(O)OC[C@@H](O)COP(=O)(O)OC[C@@H](COC(=O)CCCCCCCCC(C)CC)OC(=O)CCCCCCCCCCCCCC(C)C)OC(=O)CCCCCCCCCCCCCCCCCCCCC(C)CC. The van der Waals surface area contributed by atoms with E-state index in [1.54, 1.807) is 0 Å². The minimum Gasteiger partial charge on any atom is -0.462 e. The summed E-state index contributed by atoms with van der Waals surface area (Å²) in [5.41, 5.74) is 0. The molecule has 101 heavy (non-hydrogen) atoms. The number of phosphoric acid groups is 2. The second-order valence-electron chi connectivity index (χ2n) is 29.8. The van der Waals surface area contributed by atoms with Crippen LogP contribution >= 0.6 is 15.6 Å². The predicted octanol–water partition coefficient (Wildman–Crippen LogP) is 24.1. The molecule has 0 saturated carbocycles. The van der Waals surface area contributed by atoms with Crippen molar-refractivity contribution in [3.8, 4) is 0 Å². The largest absolute Gasteiger partial charge is 0.472 e. The van der Waals surface area contributed by atoms with Crippen molar-refractivity contribution in [1.82, 2.24) is 0 Å². The van der Waals surface area contributed by atoms with E-state index in [0.717, 1.165) is 133 Å². The Kier molecular flexibility index (Phi) is 70.0. The lowest BCUT2D eigenvalue weighted by molar-refractivity contribution is -0.161. The Morgan fingerprint density at radius 3 is 0.881 bits per heavy atom. The number of hydrogen-bond donors (Lipinski definition) is 3. The summed E-state index contributed by atoms with van der Waals surface area (Å²) in [6.07, 6.45) is 63.3. The summed E-state index contributed by atoms with van der Waals surface area (Å²) in [5.74, 6) is 0.220. The normalized spacial score (nSPS) is 14.6. The molecule has 0 aliphatic heterocycles. The van der Waals surface area contributed by atoms with Crippen molar-refractivity contribution in [2.75, 3.05) is 39.6 Å². The first-order valence-electron chi connectivity index (χ1n) is 41.7. The number of unbranched alkanes of at least 4 members (excludes halogenated alkanes) is 41. The summed E-state index contributed by atoms with van der Waals surface area (Å²) in [6.45, 7) is 11.9. The van der Waals surface area contributed by atoms with E-state index in [1.165, 1.54) is 186 Å². The van der Waals surface area contributed by atoms with Gasteiger partial charge < -0.3 is 33.8 Å². The van der Waals surface area contributed by atoms with Gasteiger partial charge in [-0.15, -0.1) is 0 Å². The lowest BCUT2D eigenvalue weighted by Crippen LogP contribution is -2.30. The summed E-state index contributed by atoms with van der Waals surface area (Å²) in [6, 6.07) is 0. The molecule has 0 radical (unpaired) electrons.